The Labute approximate surface area is 65.7 Å². The molecule has 0 heterocycles. The van der Waals surface area contributed by atoms with Crippen LogP contribution in [0.1, 0.15) is 40.0 Å². The third kappa shape index (κ3) is 25.9. The maximum Gasteiger partial charge on any atom is -0.0467 e. The van der Waals surface area contributed by atoms with Gasteiger partial charge in [0.25, 0.3) is 0 Å². The molecule has 0 nitrogen and oxygen atoms in total. The zero-order chi connectivity index (χ0) is 8.24. The predicted molar refractivity (Wildman–Crippen MR) is 50.2 cm³/mol. The van der Waals surface area contributed by atoms with E-state index in [-0.39, 0.29) is 0 Å². The molecule has 0 unspecified atom stereocenters. The maximum absolute atomic E-state index is 3.46. The molecular weight excluding hydrogens is 120 g/mol. The molecule has 0 amide bonds. The van der Waals surface area contributed by atoms with E-state index in [1.54, 1.807) is 6.08 Å². The van der Waals surface area contributed by atoms with Gasteiger partial charge in [0.05, 0.1) is 0 Å². The first kappa shape index (κ1) is 12.2. The summed E-state index contributed by atoms with van der Waals surface area (Å²) in [6.07, 6.45) is 9.65. The molecule has 0 aliphatic carbocycles. The molecule has 10 heavy (non-hydrogen) atoms. The van der Waals surface area contributed by atoms with Crippen molar-refractivity contribution >= 4 is 0 Å². The molecule has 0 aliphatic rings. The van der Waals surface area contributed by atoms with Gasteiger partial charge in [0.2, 0.25) is 0 Å². The van der Waals surface area contributed by atoms with Crippen LogP contribution in [-0.4, -0.2) is 0 Å². The van der Waals surface area contributed by atoms with Gasteiger partial charge >= 0.3 is 0 Å². The average molecular weight is 140 g/mol. The van der Waals surface area contributed by atoms with Crippen LogP contribution in [0.2, 0.25) is 0 Å². The molecule has 60 valence electrons. The maximum atomic E-state index is 3.46. The first-order chi connectivity index (χ1) is 4.83. The molecule has 0 spiro atoms. The summed E-state index contributed by atoms with van der Waals surface area (Å²) in [4.78, 5) is 0. The van der Waals surface area contributed by atoms with Crippen molar-refractivity contribution in [1.29, 1.82) is 0 Å². The fraction of sp³-hybridized carbons (Fsp3) is 0.600. The van der Waals surface area contributed by atoms with E-state index < -0.39 is 0 Å². The standard InChI is InChI=1S/C5H12.C5H8/c2*1-3-5-4-2/h3-5H2,1-2H3;3-5H,1H2,2H3. The second kappa shape index (κ2) is 15.8. The van der Waals surface area contributed by atoms with Crippen LogP contribution in [-0.2, 0) is 0 Å². The fourth-order valence-corrected chi connectivity index (χ4v) is 0.490. The molecule has 0 aliphatic heterocycles. The fourth-order valence-electron chi connectivity index (χ4n) is 0.490. The first-order valence-electron chi connectivity index (χ1n) is 4.07. The number of rotatable bonds is 3. The lowest BCUT2D eigenvalue weighted by molar-refractivity contribution is 0.772. The normalized spacial score (nSPS) is 8.70. The van der Waals surface area contributed by atoms with E-state index >= 15 is 0 Å². The Balaban J connectivity index is 0. The van der Waals surface area contributed by atoms with E-state index in [2.05, 4.69) is 20.4 Å². The van der Waals surface area contributed by atoms with Crippen LogP contribution < -0.4 is 0 Å². The molecule has 0 aromatic rings. The third-order valence-corrected chi connectivity index (χ3v) is 1.04. The molecule has 0 fully saturated rings. The van der Waals surface area contributed by atoms with E-state index in [9.17, 15) is 0 Å². The van der Waals surface area contributed by atoms with Crippen molar-refractivity contribution in [2.75, 3.05) is 0 Å². The summed E-state index contributed by atoms with van der Waals surface area (Å²) >= 11 is 0. The Morgan fingerprint density at radius 1 is 1.20 bits per heavy atom. The lowest BCUT2D eigenvalue weighted by Crippen LogP contribution is -1.59. The third-order valence-electron chi connectivity index (χ3n) is 1.04. The summed E-state index contributed by atoms with van der Waals surface area (Å²) in [6.45, 7) is 9.85. The van der Waals surface area contributed by atoms with Crippen molar-refractivity contribution < 1.29 is 0 Å². The van der Waals surface area contributed by atoms with Crippen LogP contribution in [0.5, 0.6) is 0 Å². The van der Waals surface area contributed by atoms with Crippen molar-refractivity contribution in [1.82, 2.24) is 0 Å². The SMILES string of the molecule is C=CC=CC.CCCCC. The van der Waals surface area contributed by atoms with Crippen LogP contribution in [0.4, 0.5) is 0 Å². The van der Waals surface area contributed by atoms with Gasteiger partial charge in [-0.05, 0) is 6.92 Å². The molecule has 0 aromatic heterocycles. The van der Waals surface area contributed by atoms with Gasteiger partial charge in [-0.1, -0.05) is 57.9 Å². The van der Waals surface area contributed by atoms with Crippen LogP contribution in [0.25, 0.3) is 0 Å². The van der Waals surface area contributed by atoms with E-state index in [1.165, 1.54) is 19.3 Å². The minimum atomic E-state index is 1.34. The van der Waals surface area contributed by atoms with Gasteiger partial charge in [-0.15, -0.1) is 0 Å². The Kier molecular flexibility index (Phi) is 19.3. The molecule has 0 saturated carbocycles. The van der Waals surface area contributed by atoms with Crippen LogP contribution in [0.15, 0.2) is 24.8 Å². The quantitative estimate of drug-likeness (QED) is 0.521. The summed E-state index contributed by atoms with van der Waals surface area (Å²) in [5, 5.41) is 0. The van der Waals surface area contributed by atoms with Gasteiger partial charge in [-0.3, -0.25) is 0 Å². The average Bonchev–Trinajstić information content (AvgIpc) is 1.93. The summed E-state index contributed by atoms with van der Waals surface area (Å²) in [5.41, 5.74) is 0. The molecule has 0 atom stereocenters. The summed E-state index contributed by atoms with van der Waals surface area (Å²) in [6, 6.07) is 0. The van der Waals surface area contributed by atoms with Crippen molar-refractivity contribution in [3.05, 3.63) is 24.8 Å². The van der Waals surface area contributed by atoms with Gasteiger partial charge in [0.1, 0.15) is 0 Å². The molecule has 0 aromatic carbocycles. The number of allylic oxidation sites excluding steroid dienone is 3. The summed E-state index contributed by atoms with van der Waals surface area (Å²) in [5.74, 6) is 0. The van der Waals surface area contributed by atoms with Gasteiger partial charge in [-0.25, -0.2) is 0 Å². The van der Waals surface area contributed by atoms with Crippen molar-refractivity contribution in [2.24, 2.45) is 0 Å². The minimum absolute atomic E-state index is 1.34. The van der Waals surface area contributed by atoms with E-state index in [0.717, 1.165) is 0 Å². The lowest BCUT2D eigenvalue weighted by atomic mass is 10.3. The second-order valence-corrected chi connectivity index (χ2v) is 2.12. The molecule has 0 N–H and O–H groups in total. The van der Waals surface area contributed by atoms with Gasteiger partial charge < -0.3 is 0 Å². The smallest absolute Gasteiger partial charge is 0.0467 e. The predicted octanol–water partition coefficient (Wildman–Crippen LogP) is 3.95. The molecule has 0 rings (SSSR count). The topological polar surface area (TPSA) is 0 Å². The highest BCUT2D eigenvalue weighted by Gasteiger charge is 1.68. The zero-order valence-electron chi connectivity index (χ0n) is 7.56. The van der Waals surface area contributed by atoms with Gasteiger partial charge in [0.15, 0.2) is 0 Å². The number of hydrogen-bond donors (Lipinski definition) is 0. The van der Waals surface area contributed by atoms with E-state index in [4.69, 9.17) is 0 Å². The number of hydrogen-bond acceptors (Lipinski definition) is 0. The highest BCUT2D eigenvalue weighted by Crippen LogP contribution is 1.88. The van der Waals surface area contributed by atoms with Crippen LogP contribution >= 0.6 is 0 Å². The molecule has 0 bridgehead atoms. The zero-order valence-corrected chi connectivity index (χ0v) is 7.56. The monoisotopic (exact) mass is 140 g/mol. The second-order valence-electron chi connectivity index (χ2n) is 2.12. The minimum Gasteiger partial charge on any atom is -0.0991 e. The Morgan fingerprint density at radius 3 is 1.70 bits per heavy atom. The summed E-state index contributed by atoms with van der Waals surface area (Å²) < 4.78 is 0. The first-order valence-corrected chi connectivity index (χ1v) is 4.07. The van der Waals surface area contributed by atoms with Crippen molar-refractivity contribution in [3.63, 3.8) is 0 Å². The Morgan fingerprint density at radius 2 is 1.70 bits per heavy atom. The molecule has 0 saturated heterocycles. The van der Waals surface area contributed by atoms with Crippen molar-refractivity contribution in [2.45, 2.75) is 40.0 Å². The number of unbranched alkanes of at least 4 members (excludes halogenated alkanes) is 2. The highest BCUT2D eigenvalue weighted by molar-refractivity contribution is 4.94. The molecule has 0 radical (unpaired) electrons. The lowest BCUT2D eigenvalue weighted by Gasteiger charge is -1.79. The van der Waals surface area contributed by atoms with Crippen LogP contribution in [0.3, 0.4) is 0 Å². The molecule has 0 heteroatoms. The van der Waals surface area contributed by atoms with Crippen LogP contribution in [0, 0.1) is 0 Å². The van der Waals surface area contributed by atoms with E-state index in [0.29, 0.717) is 0 Å². The summed E-state index contributed by atoms with van der Waals surface area (Å²) in [7, 11) is 0. The van der Waals surface area contributed by atoms with Gasteiger partial charge in [-0.2, -0.15) is 0 Å². The largest absolute Gasteiger partial charge is 0.0991 e. The van der Waals surface area contributed by atoms with Crippen molar-refractivity contribution in [3.8, 4) is 0 Å². The Hall–Kier alpha value is -0.520. The highest BCUT2D eigenvalue weighted by atomic mass is 13.7. The molecular formula is C10H20. The van der Waals surface area contributed by atoms with Gasteiger partial charge in [0, 0.05) is 0 Å². The van der Waals surface area contributed by atoms with E-state index in [1.807, 2.05) is 19.1 Å². The Bertz CT molecular complexity index is 68.1.